The average Bonchev–Trinajstić information content (AvgIpc) is 2.93. The fourth-order valence-corrected chi connectivity index (χ4v) is 4.32. The Bertz CT molecular complexity index is 1490. The van der Waals surface area contributed by atoms with E-state index in [2.05, 4.69) is 36.7 Å². The molecular formula is C29H28Br2K2O9. The second kappa shape index (κ2) is 22.2. The Morgan fingerprint density at radius 1 is 0.786 bits per heavy atom. The van der Waals surface area contributed by atoms with Crippen LogP contribution >= 0.6 is 31.9 Å². The van der Waals surface area contributed by atoms with Crippen molar-refractivity contribution in [2.75, 3.05) is 19.8 Å². The number of carbonyl (C=O) groups excluding carboxylic acids is 3. The van der Waals surface area contributed by atoms with Gasteiger partial charge in [0.05, 0.1) is 30.9 Å². The van der Waals surface area contributed by atoms with E-state index in [9.17, 15) is 14.7 Å². The van der Waals surface area contributed by atoms with Crippen LogP contribution in [0.1, 0.15) is 42.9 Å². The SMILES string of the molecule is CCOC(=O)c1cc(O)c2ccc(Br)cc2c1.CCOC(=O)c1cc(OCC)c2ccc(Br)cc2c1.O=CO[O-].[H-].[K+].[K+]. The predicted molar refractivity (Wildman–Crippen MR) is 156 cm³/mol. The van der Waals surface area contributed by atoms with Crippen molar-refractivity contribution in [3.8, 4) is 11.5 Å². The number of esters is 2. The van der Waals surface area contributed by atoms with E-state index in [0.717, 1.165) is 25.1 Å². The summed E-state index contributed by atoms with van der Waals surface area (Å²) in [7, 11) is 0. The molecule has 0 aliphatic carbocycles. The van der Waals surface area contributed by atoms with Crippen molar-refractivity contribution in [2.45, 2.75) is 20.8 Å². The first-order valence-electron chi connectivity index (χ1n) is 12.0. The van der Waals surface area contributed by atoms with Crippen LogP contribution in [0.3, 0.4) is 0 Å². The Balaban J connectivity index is 0. The van der Waals surface area contributed by atoms with Gasteiger partial charge in [0.25, 0.3) is 6.47 Å². The van der Waals surface area contributed by atoms with Crippen LogP contribution in [0.5, 0.6) is 11.5 Å². The summed E-state index contributed by atoms with van der Waals surface area (Å²) in [5, 5.41) is 21.7. The third-order valence-corrected chi connectivity index (χ3v) is 6.12. The monoisotopic (exact) mass is 756 g/mol. The van der Waals surface area contributed by atoms with Crippen LogP contribution in [0.4, 0.5) is 0 Å². The number of hydrogen-bond acceptors (Lipinski definition) is 9. The first-order chi connectivity index (χ1) is 19.2. The topological polar surface area (TPSA) is 131 Å². The van der Waals surface area contributed by atoms with Crippen molar-refractivity contribution in [3.63, 3.8) is 0 Å². The summed E-state index contributed by atoms with van der Waals surface area (Å²) in [6.45, 7) is 6.50. The number of ether oxygens (including phenoxy) is 3. The summed E-state index contributed by atoms with van der Waals surface area (Å²) in [6.07, 6.45) is 0. The van der Waals surface area contributed by atoms with Crippen molar-refractivity contribution in [1.29, 1.82) is 0 Å². The maximum atomic E-state index is 11.8. The maximum absolute atomic E-state index is 11.8. The fraction of sp³-hybridized carbons (Fsp3) is 0.207. The Kier molecular flexibility index (Phi) is 22.0. The minimum Gasteiger partial charge on any atom is -1.00 e. The van der Waals surface area contributed by atoms with Crippen molar-refractivity contribution >= 4 is 71.8 Å². The zero-order valence-corrected chi connectivity index (χ0v) is 33.4. The molecule has 9 nitrogen and oxygen atoms in total. The molecule has 0 heterocycles. The molecule has 0 aliphatic rings. The number of hydrogen-bond donors (Lipinski definition) is 1. The van der Waals surface area contributed by atoms with Crippen LogP contribution in [-0.4, -0.2) is 43.3 Å². The molecule has 1 N–H and O–H groups in total. The van der Waals surface area contributed by atoms with Gasteiger partial charge in [-0.25, -0.2) is 9.59 Å². The molecule has 0 unspecified atom stereocenters. The van der Waals surface area contributed by atoms with Crippen molar-refractivity contribution in [1.82, 2.24) is 0 Å². The minimum atomic E-state index is -0.426. The van der Waals surface area contributed by atoms with E-state index in [0.29, 0.717) is 42.1 Å². The molecule has 13 heteroatoms. The van der Waals surface area contributed by atoms with Crippen molar-refractivity contribution < 1.29 is 148 Å². The predicted octanol–water partition coefficient (Wildman–Crippen LogP) is 0.218. The quantitative estimate of drug-likeness (QED) is 0.0926. The second-order valence-electron chi connectivity index (χ2n) is 7.77. The summed E-state index contributed by atoms with van der Waals surface area (Å²) in [6, 6.07) is 18.0. The van der Waals surface area contributed by atoms with Gasteiger partial charge in [-0.3, -0.25) is 4.79 Å². The number of carbonyl (C=O) groups is 3. The number of halogens is 2. The standard InChI is InChI=1S/C15H15BrO3.C13H11BrO3.CH2O3.2K.H/c1-3-18-14-9-11(15(17)19-4-2)7-10-8-12(16)5-6-13(10)14;1-2-17-13(16)9-5-8-6-10(14)3-4-11(8)12(15)7-9;2-1-4-3;;;/h5-9H,3-4H2,1-2H3;3-7,15H,2H2,1H3;1,3H;;;/q;;;2*+1;-1/p-1. The summed E-state index contributed by atoms with van der Waals surface area (Å²) >= 11 is 6.78. The molecule has 214 valence electrons. The number of fused-ring (bicyclic) bond motifs is 2. The molecule has 0 spiro atoms. The van der Waals surface area contributed by atoms with E-state index in [-0.39, 0.29) is 122 Å². The van der Waals surface area contributed by atoms with Gasteiger partial charge >= 0.3 is 115 Å². The van der Waals surface area contributed by atoms with Gasteiger partial charge in [-0.1, -0.05) is 31.9 Å². The number of aromatic hydroxyl groups is 1. The molecule has 0 fully saturated rings. The summed E-state index contributed by atoms with van der Waals surface area (Å²) in [5.74, 6) is 0.0311. The molecule has 4 aromatic rings. The van der Waals surface area contributed by atoms with Gasteiger partial charge in [0, 0.05) is 19.7 Å². The zero-order chi connectivity index (χ0) is 29.7. The molecule has 0 saturated heterocycles. The normalized spacial score (nSPS) is 9.48. The zero-order valence-electron chi connectivity index (χ0n) is 24.9. The molecule has 0 aliphatic heterocycles. The van der Waals surface area contributed by atoms with E-state index in [4.69, 9.17) is 24.3 Å². The van der Waals surface area contributed by atoms with Gasteiger partial charge in [-0.05, 0) is 92.2 Å². The van der Waals surface area contributed by atoms with Crippen molar-refractivity contribution in [2.24, 2.45) is 0 Å². The summed E-state index contributed by atoms with van der Waals surface area (Å²) in [4.78, 5) is 34.7. The van der Waals surface area contributed by atoms with E-state index < -0.39 is 5.97 Å². The second-order valence-corrected chi connectivity index (χ2v) is 9.60. The molecule has 4 rings (SSSR count). The number of phenols is 1. The fourth-order valence-electron chi connectivity index (χ4n) is 3.57. The molecule has 0 aromatic heterocycles. The first kappa shape index (κ1) is 41.6. The maximum Gasteiger partial charge on any atom is 1.00 e. The molecule has 0 amide bonds. The summed E-state index contributed by atoms with van der Waals surface area (Å²) < 4.78 is 17.4. The Labute approximate surface area is 347 Å². The average molecular weight is 759 g/mol. The summed E-state index contributed by atoms with van der Waals surface area (Å²) in [5.41, 5.74) is 0.867. The van der Waals surface area contributed by atoms with Crippen LogP contribution < -0.4 is 113 Å². The van der Waals surface area contributed by atoms with Crippen LogP contribution in [0.25, 0.3) is 21.5 Å². The van der Waals surface area contributed by atoms with E-state index in [1.165, 1.54) is 6.07 Å². The largest absolute Gasteiger partial charge is 1.00 e. The Hall–Kier alpha value is -0.397. The third kappa shape index (κ3) is 12.9. The van der Waals surface area contributed by atoms with Gasteiger partial charge in [-0.2, -0.15) is 0 Å². The van der Waals surface area contributed by atoms with Crippen LogP contribution in [-0.2, 0) is 19.2 Å². The third-order valence-electron chi connectivity index (χ3n) is 5.13. The van der Waals surface area contributed by atoms with Crippen LogP contribution in [0, 0.1) is 0 Å². The number of phenolic OH excluding ortho intramolecular Hbond substituents is 1. The number of benzene rings is 4. The molecule has 0 atom stereocenters. The Morgan fingerprint density at radius 2 is 1.24 bits per heavy atom. The van der Waals surface area contributed by atoms with Crippen LogP contribution in [0.2, 0.25) is 0 Å². The molecular weight excluding hydrogens is 730 g/mol. The van der Waals surface area contributed by atoms with Gasteiger partial charge in [0.15, 0.2) is 0 Å². The van der Waals surface area contributed by atoms with Crippen molar-refractivity contribution in [3.05, 3.63) is 80.7 Å². The molecule has 0 radical (unpaired) electrons. The van der Waals surface area contributed by atoms with E-state index >= 15 is 0 Å². The van der Waals surface area contributed by atoms with E-state index in [1.807, 2.05) is 43.3 Å². The number of rotatable bonds is 7. The molecule has 0 bridgehead atoms. The van der Waals surface area contributed by atoms with Crippen LogP contribution in [0.15, 0.2) is 69.6 Å². The molecule has 4 aromatic carbocycles. The van der Waals surface area contributed by atoms with E-state index in [1.54, 1.807) is 32.0 Å². The van der Waals surface area contributed by atoms with Gasteiger partial charge < -0.3 is 30.9 Å². The van der Waals surface area contributed by atoms with Gasteiger partial charge in [-0.15, -0.1) is 0 Å². The van der Waals surface area contributed by atoms with Gasteiger partial charge in [0.1, 0.15) is 11.5 Å². The van der Waals surface area contributed by atoms with Gasteiger partial charge in [0.2, 0.25) is 0 Å². The minimum absolute atomic E-state index is 0. The molecule has 0 saturated carbocycles. The smallest absolute Gasteiger partial charge is 1.00 e. The first-order valence-corrected chi connectivity index (χ1v) is 13.6. The molecule has 42 heavy (non-hydrogen) atoms. The Morgan fingerprint density at radius 3 is 1.69 bits per heavy atom.